The van der Waals surface area contributed by atoms with Gasteiger partial charge in [-0.2, -0.15) is 0 Å². The molecular weight excluding hydrogens is 348 g/mol. The van der Waals surface area contributed by atoms with Gasteiger partial charge in [0.25, 0.3) is 5.91 Å². The van der Waals surface area contributed by atoms with Gasteiger partial charge in [0.2, 0.25) is 0 Å². The molecule has 0 radical (unpaired) electrons. The number of aromatic amines is 1. The Labute approximate surface area is 163 Å². The van der Waals surface area contributed by atoms with Crippen molar-refractivity contribution in [1.82, 2.24) is 19.9 Å². The van der Waals surface area contributed by atoms with Crippen LogP contribution < -0.4 is 0 Å². The minimum Gasteiger partial charge on any atom is -0.342 e. The maximum Gasteiger partial charge on any atom is 0.254 e. The van der Waals surface area contributed by atoms with Crippen molar-refractivity contribution >= 4 is 27.8 Å². The Hall–Kier alpha value is -3.21. The van der Waals surface area contributed by atoms with Gasteiger partial charge < -0.3 is 9.88 Å². The Morgan fingerprint density at radius 3 is 2.79 bits per heavy atom. The van der Waals surface area contributed by atoms with Gasteiger partial charge in [-0.1, -0.05) is 30.3 Å². The predicted molar refractivity (Wildman–Crippen MR) is 110 cm³/mol. The van der Waals surface area contributed by atoms with Gasteiger partial charge in [-0.25, -0.2) is 4.98 Å². The average molecular weight is 370 g/mol. The summed E-state index contributed by atoms with van der Waals surface area (Å²) in [7, 11) is 0. The van der Waals surface area contributed by atoms with Crippen LogP contribution in [0.15, 0.2) is 60.8 Å². The number of carbonyl (C=O) groups is 1. The lowest BCUT2D eigenvalue weighted by molar-refractivity contribution is 0.0674. The molecule has 5 nitrogen and oxygen atoms in total. The van der Waals surface area contributed by atoms with Gasteiger partial charge in [-0.15, -0.1) is 0 Å². The predicted octanol–water partition coefficient (Wildman–Crippen LogP) is 4.21. The third kappa shape index (κ3) is 3.13. The molecule has 0 saturated carbocycles. The number of piperidine rings is 1. The van der Waals surface area contributed by atoms with Gasteiger partial charge >= 0.3 is 0 Å². The van der Waals surface area contributed by atoms with E-state index in [0.717, 1.165) is 65.7 Å². The van der Waals surface area contributed by atoms with Crippen LogP contribution in [-0.2, 0) is 6.42 Å². The Kier molecular flexibility index (Phi) is 4.28. The van der Waals surface area contributed by atoms with E-state index < -0.39 is 0 Å². The molecule has 2 aromatic heterocycles. The first-order chi connectivity index (χ1) is 13.8. The van der Waals surface area contributed by atoms with E-state index >= 15 is 0 Å². The molecule has 1 atom stereocenters. The zero-order valence-electron chi connectivity index (χ0n) is 15.6. The molecule has 4 aromatic rings. The third-order valence-electron chi connectivity index (χ3n) is 5.61. The number of rotatable bonds is 3. The van der Waals surface area contributed by atoms with E-state index in [1.165, 1.54) is 0 Å². The van der Waals surface area contributed by atoms with E-state index in [1.807, 2.05) is 53.4 Å². The van der Waals surface area contributed by atoms with E-state index in [9.17, 15) is 4.79 Å². The first-order valence-electron chi connectivity index (χ1n) is 9.84. The highest BCUT2D eigenvalue weighted by molar-refractivity contribution is 6.06. The lowest BCUT2D eigenvalue weighted by atomic mass is 9.93. The van der Waals surface area contributed by atoms with Crippen LogP contribution >= 0.6 is 0 Å². The Morgan fingerprint density at radius 1 is 1.07 bits per heavy atom. The summed E-state index contributed by atoms with van der Waals surface area (Å²) in [6, 6.07) is 17.8. The fourth-order valence-electron chi connectivity index (χ4n) is 4.24. The molecule has 140 valence electrons. The first-order valence-corrected chi connectivity index (χ1v) is 9.84. The summed E-state index contributed by atoms with van der Waals surface area (Å²) < 4.78 is 0. The molecule has 0 spiro atoms. The van der Waals surface area contributed by atoms with Crippen LogP contribution in [0.3, 0.4) is 0 Å². The van der Waals surface area contributed by atoms with Crippen LogP contribution in [0.4, 0.5) is 0 Å². The molecule has 3 heterocycles. The molecule has 5 heteroatoms. The summed E-state index contributed by atoms with van der Waals surface area (Å²) in [4.78, 5) is 27.7. The maximum absolute atomic E-state index is 13.2. The molecule has 1 aliphatic rings. The third-order valence-corrected chi connectivity index (χ3v) is 5.61. The number of benzene rings is 2. The number of hydrogen-bond donors (Lipinski definition) is 1. The quantitative estimate of drug-likeness (QED) is 0.588. The van der Waals surface area contributed by atoms with E-state index in [4.69, 9.17) is 4.98 Å². The van der Waals surface area contributed by atoms with Crippen molar-refractivity contribution < 1.29 is 4.79 Å². The fourth-order valence-corrected chi connectivity index (χ4v) is 4.24. The van der Waals surface area contributed by atoms with Crippen molar-refractivity contribution in [3.63, 3.8) is 0 Å². The van der Waals surface area contributed by atoms with Crippen molar-refractivity contribution in [3.8, 4) is 0 Å². The standard InChI is InChI=1S/C23H22N4O/c28-23(18-11-12-24-19-8-2-1-7-17(18)19)27-13-5-6-16(15-27)14-22-25-20-9-3-4-10-21(20)26-22/h1-4,7-12,16H,5-6,13-15H2,(H,25,26). The molecule has 1 aliphatic heterocycles. The number of hydrogen-bond acceptors (Lipinski definition) is 3. The van der Waals surface area contributed by atoms with Crippen LogP contribution in [0.2, 0.25) is 0 Å². The Morgan fingerprint density at radius 2 is 1.89 bits per heavy atom. The molecular formula is C23H22N4O. The normalized spacial score (nSPS) is 17.3. The van der Waals surface area contributed by atoms with Crippen molar-refractivity contribution in [2.24, 2.45) is 5.92 Å². The van der Waals surface area contributed by atoms with E-state index in [-0.39, 0.29) is 5.91 Å². The summed E-state index contributed by atoms with van der Waals surface area (Å²) in [5.74, 6) is 1.54. The lowest BCUT2D eigenvalue weighted by Crippen LogP contribution is -2.40. The number of aromatic nitrogens is 3. The van der Waals surface area contributed by atoms with Crippen LogP contribution in [0.25, 0.3) is 21.9 Å². The number of likely N-dealkylation sites (tertiary alicyclic amines) is 1. The van der Waals surface area contributed by atoms with Crippen LogP contribution in [0, 0.1) is 5.92 Å². The molecule has 28 heavy (non-hydrogen) atoms. The summed E-state index contributed by atoms with van der Waals surface area (Å²) >= 11 is 0. The van der Waals surface area contributed by atoms with Crippen molar-refractivity contribution in [2.75, 3.05) is 13.1 Å². The highest BCUT2D eigenvalue weighted by Crippen LogP contribution is 2.24. The van der Waals surface area contributed by atoms with Crippen LogP contribution in [0.1, 0.15) is 29.0 Å². The number of fused-ring (bicyclic) bond motifs is 2. The number of carbonyl (C=O) groups excluding carboxylic acids is 1. The van der Waals surface area contributed by atoms with Crippen LogP contribution in [-0.4, -0.2) is 38.8 Å². The van der Waals surface area contributed by atoms with Gasteiger partial charge in [0, 0.05) is 31.1 Å². The molecule has 0 bridgehead atoms. The van der Waals surface area contributed by atoms with Gasteiger partial charge in [0.1, 0.15) is 5.82 Å². The van der Waals surface area contributed by atoms with E-state index in [2.05, 4.69) is 16.0 Å². The SMILES string of the molecule is O=C(c1ccnc2ccccc12)N1CCCC(Cc2nc3ccccc3[nH]2)C1. The zero-order chi connectivity index (χ0) is 18.9. The summed E-state index contributed by atoms with van der Waals surface area (Å²) in [5, 5.41) is 0.925. The minimum atomic E-state index is 0.105. The van der Waals surface area contributed by atoms with E-state index in [1.54, 1.807) is 6.20 Å². The number of amides is 1. The second-order valence-corrected chi connectivity index (χ2v) is 7.54. The molecule has 1 fully saturated rings. The molecule has 2 aromatic carbocycles. The molecule has 5 rings (SSSR count). The maximum atomic E-state index is 13.2. The largest absolute Gasteiger partial charge is 0.342 e. The highest BCUT2D eigenvalue weighted by atomic mass is 16.2. The fraction of sp³-hybridized carbons (Fsp3) is 0.261. The Balaban J connectivity index is 1.35. The molecule has 1 saturated heterocycles. The molecule has 1 unspecified atom stereocenters. The van der Waals surface area contributed by atoms with Crippen molar-refractivity contribution in [3.05, 3.63) is 72.2 Å². The number of para-hydroxylation sites is 3. The number of nitrogens with zero attached hydrogens (tertiary/aromatic N) is 3. The number of H-pyrrole nitrogens is 1. The molecule has 0 aliphatic carbocycles. The van der Waals surface area contributed by atoms with Gasteiger partial charge in [0.15, 0.2) is 0 Å². The second kappa shape index (κ2) is 7.08. The number of pyridine rings is 1. The summed E-state index contributed by atoms with van der Waals surface area (Å²) in [5.41, 5.74) is 3.69. The second-order valence-electron chi connectivity index (χ2n) is 7.54. The smallest absolute Gasteiger partial charge is 0.254 e. The summed E-state index contributed by atoms with van der Waals surface area (Å²) in [6.07, 6.45) is 4.75. The van der Waals surface area contributed by atoms with Crippen molar-refractivity contribution in [1.29, 1.82) is 0 Å². The van der Waals surface area contributed by atoms with Crippen LogP contribution in [0.5, 0.6) is 0 Å². The lowest BCUT2D eigenvalue weighted by Gasteiger charge is -2.32. The number of imidazole rings is 1. The molecule has 1 N–H and O–H groups in total. The Bertz CT molecular complexity index is 1110. The van der Waals surface area contributed by atoms with Gasteiger partial charge in [-0.3, -0.25) is 9.78 Å². The average Bonchev–Trinajstić information content (AvgIpc) is 3.15. The summed E-state index contributed by atoms with van der Waals surface area (Å²) in [6.45, 7) is 1.58. The topological polar surface area (TPSA) is 61.9 Å². The van der Waals surface area contributed by atoms with Gasteiger partial charge in [0.05, 0.1) is 22.1 Å². The van der Waals surface area contributed by atoms with E-state index in [0.29, 0.717) is 5.92 Å². The van der Waals surface area contributed by atoms with Gasteiger partial charge in [-0.05, 0) is 43.0 Å². The zero-order valence-corrected chi connectivity index (χ0v) is 15.6. The minimum absolute atomic E-state index is 0.105. The number of nitrogens with one attached hydrogen (secondary N) is 1. The molecule has 1 amide bonds. The monoisotopic (exact) mass is 370 g/mol. The van der Waals surface area contributed by atoms with Crippen molar-refractivity contribution in [2.45, 2.75) is 19.3 Å². The first kappa shape index (κ1) is 16.9. The highest BCUT2D eigenvalue weighted by Gasteiger charge is 2.26.